The van der Waals surface area contributed by atoms with Gasteiger partial charge in [-0.3, -0.25) is 9.59 Å². The molecule has 0 radical (unpaired) electrons. The normalized spacial score (nSPS) is 17.0. The quantitative estimate of drug-likeness (QED) is 0.768. The van der Waals surface area contributed by atoms with E-state index in [9.17, 15) is 9.59 Å². The Morgan fingerprint density at radius 1 is 1.21 bits per heavy atom. The zero-order valence-corrected chi connectivity index (χ0v) is 17.3. The average Bonchev–Trinajstić information content (AvgIpc) is 3.25. The van der Waals surface area contributed by atoms with Gasteiger partial charge in [-0.25, -0.2) is 0 Å². The number of nitrogens with zero attached hydrogens (tertiary/aromatic N) is 1. The van der Waals surface area contributed by atoms with Crippen molar-refractivity contribution in [2.75, 3.05) is 13.1 Å². The Balaban J connectivity index is 1.56. The average molecular weight is 401 g/mol. The third-order valence-electron chi connectivity index (χ3n) is 4.95. The van der Waals surface area contributed by atoms with Crippen molar-refractivity contribution in [3.63, 3.8) is 0 Å². The summed E-state index contributed by atoms with van der Waals surface area (Å²) in [6, 6.07) is 11.7. The van der Waals surface area contributed by atoms with Crippen LogP contribution in [0, 0.1) is 5.92 Å². The first-order valence-electron chi connectivity index (χ1n) is 9.83. The van der Waals surface area contributed by atoms with E-state index in [1.807, 2.05) is 60.5 Å². The molecule has 0 aliphatic carbocycles. The molecule has 1 aliphatic rings. The second-order valence-electron chi connectivity index (χ2n) is 7.41. The summed E-state index contributed by atoms with van der Waals surface area (Å²) >= 11 is 1.45. The lowest BCUT2D eigenvalue weighted by Gasteiger charge is -2.31. The number of thiophene rings is 1. The van der Waals surface area contributed by atoms with Crippen molar-refractivity contribution in [1.29, 1.82) is 0 Å². The van der Waals surface area contributed by atoms with Crippen LogP contribution in [0.2, 0.25) is 0 Å². The third kappa shape index (κ3) is 5.42. The highest BCUT2D eigenvalue weighted by molar-refractivity contribution is 7.12. The van der Waals surface area contributed by atoms with Crippen LogP contribution in [0.3, 0.4) is 0 Å². The minimum Gasteiger partial charge on any atom is -0.374 e. The van der Waals surface area contributed by atoms with Gasteiger partial charge in [0.25, 0.3) is 5.91 Å². The van der Waals surface area contributed by atoms with Gasteiger partial charge in [0.2, 0.25) is 5.91 Å². The van der Waals surface area contributed by atoms with Crippen molar-refractivity contribution >= 4 is 23.2 Å². The highest BCUT2D eigenvalue weighted by Gasteiger charge is 2.29. The number of likely N-dealkylation sites (tertiary alicyclic amines) is 1. The largest absolute Gasteiger partial charge is 0.374 e. The number of nitrogens with one attached hydrogen (secondary N) is 1. The molecule has 1 aromatic heterocycles. The van der Waals surface area contributed by atoms with Crippen LogP contribution in [-0.4, -0.2) is 35.9 Å². The molecule has 150 valence electrons. The number of hydrogen-bond donors (Lipinski definition) is 1. The molecule has 1 fully saturated rings. The van der Waals surface area contributed by atoms with Gasteiger partial charge in [0.15, 0.2) is 0 Å². The number of ether oxygens (including phenoxy) is 1. The van der Waals surface area contributed by atoms with E-state index in [0.717, 1.165) is 35.4 Å². The van der Waals surface area contributed by atoms with E-state index in [-0.39, 0.29) is 23.8 Å². The van der Waals surface area contributed by atoms with Crippen LogP contribution in [0.25, 0.3) is 0 Å². The monoisotopic (exact) mass is 400 g/mol. The number of carbonyl (C=O) groups is 2. The lowest BCUT2D eigenvalue weighted by molar-refractivity contribution is -0.126. The predicted molar refractivity (Wildman–Crippen MR) is 111 cm³/mol. The molecule has 3 rings (SSSR count). The fourth-order valence-corrected chi connectivity index (χ4v) is 4.08. The molecule has 28 heavy (non-hydrogen) atoms. The first kappa shape index (κ1) is 20.6. The van der Waals surface area contributed by atoms with Gasteiger partial charge in [-0.05, 0) is 49.3 Å². The fraction of sp³-hybridized carbons (Fsp3) is 0.455. The van der Waals surface area contributed by atoms with Crippen LogP contribution in [0.4, 0.5) is 0 Å². The van der Waals surface area contributed by atoms with Crippen molar-refractivity contribution in [2.24, 2.45) is 5.92 Å². The van der Waals surface area contributed by atoms with Crippen LogP contribution >= 0.6 is 11.3 Å². The second-order valence-corrected chi connectivity index (χ2v) is 8.36. The number of hydrogen-bond acceptors (Lipinski definition) is 4. The second kappa shape index (κ2) is 9.85. The zero-order valence-electron chi connectivity index (χ0n) is 16.5. The molecule has 1 N–H and O–H groups in total. The van der Waals surface area contributed by atoms with Crippen molar-refractivity contribution in [3.05, 3.63) is 57.8 Å². The third-order valence-corrected chi connectivity index (χ3v) is 5.81. The number of benzene rings is 1. The Labute approximate surface area is 170 Å². The number of piperidine rings is 1. The Kier molecular flexibility index (Phi) is 7.23. The molecule has 2 amide bonds. The Bertz CT molecular complexity index is 789. The molecule has 2 heterocycles. The van der Waals surface area contributed by atoms with Crippen molar-refractivity contribution < 1.29 is 14.3 Å². The van der Waals surface area contributed by atoms with Crippen LogP contribution in [0.15, 0.2) is 41.8 Å². The Morgan fingerprint density at radius 2 is 2.00 bits per heavy atom. The maximum atomic E-state index is 12.7. The summed E-state index contributed by atoms with van der Waals surface area (Å²) in [5.74, 6) is -0.108. The van der Waals surface area contributed by atoms with Crippen LogP contribution in [0.5, 0.6) is 0 Å². The van der Waals surface area contributed by atoms with E-state index in [1.54, 1.807) is 0 Å². The number of carbonyl (C=O) groups excluding carboxylic acids is 2. The molecule has 2 aromatic rings. The molecule has 1 aromatic carbocycles. The molecule has 1 atom stereocenters. The minimum absolute atomic E-state index is 0.0169. The summed E-state index contributed by atoms with van der Waals surface area (Å²) in [7, 11) is 0. The number of amides is 2. The molecule has 1 aliphatic heterocycles. The van der Waals surface area contributed by atoms with E-state index < -0.39 is 0 Å². The predicted octanol–water partition coefficient (Wildman–Crippen LogP) is 3.84. The summed E-state index contributed by atoms with van der Waals surface area (Å²) in [5.41, 5.74) is 2.16. The van der Waals surface area contributed by atoms with Gasteiger partial charge >= 0.3 is 0 Å². The highest BCUT2D eigenvalue weighted by Crippen LogP contribution is 2.21. The van der Waals surface area contributed by atoms with Crippen molar-refractivity contribution in [3.8, 4) is 0 Å². The summed E-state index contributed by atoms with van der Waals surface area (Å²) < 4.78 is 5.71. The summed E-state index contributed by atoms with van der Waals surface area (Å²) in [6.07, 6.45) is 1.84. The molecule has 5 nitrogen and oxygen atoms in total. The smallest absolute Gasteiger partial charge is 0.263 e. The van der Waals surface area contributed by atoms with E-state index >= 15 is 0 Å². The maximum Gasteiger partial charge on any atom is 0.263 e. The lowest BCUT2D eigenvalue weighted by Crippen LogP contribution is -2.45. The van der Waals surface area contributed by atoms with E-state index in [0.29, 0.717) is 19.7 Å². The summed E-state index contributed by atoms with van der Waals surface area (Å²) in [6.45, 7) is 6.24. The van der Waals surface area contributed by atoms with Gasteiger partial charge in [0.1, 0.15) is 0 Å². The van der Waals surface area contributed by atoms with Gasteiger partial charge in [-0.1, -0.05) is 30.3 Å². The molecule has 6 heteroatoms. The minimum atomic E-state index is -0.156. The van der Waals surface area contributed by atoms with Crippen molar-refractivity contribution in [2.45, 2.75) is 45.9 Å². The molecule has 1 saturated heterocycles. The van der Waals surface area contributed by atoms with Gasteiger partial charge in [0, 0.05) is 19.6 Å². The van der Waals surface area contributed by atoms with Gasteiger partial charge in [-0.2, -0.15) is 0 Å². The SMILES string of the molecule is CC(C)OCc1ccccc1CNC(=O)C1CCCN(C(=O)c2cccs2)C1. The van der Waals surface area contributed by atoms with Crippen LogP contribution in [0.1, 0.15) is 47.5 Å². The Morgan fingerprint density at radius 3 is 2.71 bits per heavy atom. The number of rotatable bonds is 7. The molecular formula is C22H28N2O3S. The first-order valence-corrected chi connectivity index (χ1v) is 10.7. The van der Waals surface area contributed by atoms with Gasteiger partial charge in [0.05, 0.1) is 23.5 Å². The van der Waals surface area contributed by atoms with E-state index in [2.05, 4.69) is 5.32 Å². The standard InChI is InChI=1S/C22H28N2O3S/c1-16(2)27-15-19-8-4-3-7-17(19)13-23-21(25)18-9-5-11-24(14-18)22(26)20-10-6-12-28-20/h3-4,6-8,10,12,16,18H,5,9,11,13-15H2,1-2H3,(H,23,25). The Hall–Kier alpha value is -2.18. The van der Waals surface area contributed by atoms with Gasteiger partial charge < -0.3 is 15.0 Å². The highest BCUT2D eigenvalue weighted by atomic mass is 32.1. The fourth-order valence-electron chi connectivity index (χ4n) is 3.39. The van der Waals surface area contributed by atoms with E-state index in [4.69, 9.17) is 4.74 Å². The topological polar surface area (TPSA) is 58.6 Å². The molecule has 0 spiro atoms. The van der Waals surface area contributed by atoms with Gasteiger partial charge in [-0.15, -0.1) is 11.3 Å². The molecule has 0 saturated carbocycles. The summed E-state index contributed by atoms with van der Waals surface area (Å²) in [4.78, 5) is 27.8. The maximum absolute atomic E-state index is 12.7. The van der Waals surface area contributed by atoms with Crippen LogP contribution < -0.4 is 5.32 Å². The summed E-state index contributed by atoms with van der Waals surface area (Å²) in [5, 5.41) is 4.97. The molecule has 1 unspecified atom stereocenters. The molecular weight excluding hydrogens is 372 g/mol. The first-order chi connectivity index (χ1) is 13.5. The van der Waals surface area contributed by atoms with Crippen molar-refractivity contribution in [1.82, 2.24) is 10.2 Å². The zero-order chi connectivity index (χ0) is 19.9. The van der Waals surface area contributed by atoms with Crippen LogP contribution in [-0.2, 0) is 22.7 Å². The van der Waals surface area contributed by atoms with E-state index in [1.165, 1.54) is 11.3 Å². The molecule has 0 bridgehead atoms. The lowest BCUT2D eigenvalue weighted by atomic mass is 9.96.